The molecule has 0 bridgehead atoms. The van der Waals surface area contributed by atoms with Crippen LogP contribution in [0, 0.1) is 0 Å². The van der Waals surface area contributed by atoms with Gasteiger partial charge in [0.25, 0.3) is 0 Å². The van der Waals surface area contributed by atoms with Crippen LogP contribution in [0.15, 0.2) is 23.8 Å². The lowest BCUT2D eigenvalue weighted by molar-refractivity contribution is 0.465. The van der Waals surface area contributed by atoms with Gasteiger partial charge in [0.05, 0.1) is 18.1 Å². The van der Waals surface area contributed by atoms with Crippen molar-refractivity contribution in [2.75, 3.05) is 6.54 Å². The minimum Gasteiger partial charge on any atom is -0.348 e. The molecule has 4 heteroatoms. The van der Waals surface area contributed by atoms with E-state index in [1.54, 1.807) is 0 Å². The SMILES string of the molecule is c1csc(CCC2NCCc3[nH]cnc32)c1. The van der Waals surface area contributed by atoms with Gasteiger partial charge in [-0.15, -0.1) is 11.3 Å². The molecule has 0 amide bonds. The number of imidazole rings is 1. The van der Waals surface area contributed by atoms with E-state index in [1.807, 2.05) is 17.7 Å². The molecule has 2 aromatic rings. The van der Waals surface area contributed by atoms with Crippen LogP contribution < -0.4 is 5.32 Å². The number of nitrogens with zero attached hydrogens (tertiary/aromatic N) is 1. The summed E-state index contributed by atoms with van der Waals surface area (Å²) in [6.45, 7) is 1.06. The number of H-pyrrole nitrogens is 1. The summed E-state index contributed by atoms with van der Waals surface area (Å²) in [4.78, 5) is 9.12. The number of fused-ring (bicyclic) bond motifs is 1. The third-order valence-corrected chi connectivity index (χ3v) is 4.04. The van der Waals surface area contributed by atoms with E-state index in [0.717, 1.165) is 25.8 Å². The molecule has 2 aromatic heterocycles. The van der Waals surface area contributed by atoms with E-state index in [4.69, 9.17) is 0 Å². The molecule has 16 heavy (non-hydrogen) atoms. The van der Waals surface area contributed by atoms with Crippen LogP contribution in [0.1, 0.15) is 28.7 Å². The van der Waals surface area contributed by atoms with Crippen LogP contribution in [0.4, 0.5) is 0 Å². The fourth-order valence-electron chi connectivity index (χ4n) is 2.28. The molecule has 1 aliphatic rings. The van der Waals surface area contributed by atoms with Crippen molar-refractivity contribution in [1.29, 1.82) is 0 Å². The normalized spacial score (nSPS) is 19.6. The number of nitrogens with one attached hydrogen (secondary N) is 2. The lowest BCUT2D eigenvalue weighted by Crippen LogP contribution is -2.30. The van der Waals surface area contributed by atoms with Crippen molar-refractivity contribution in [2.45, 2.75) is 25.3 Å². The van der Waals surface area contributed by atoms with Crippen LogP contribution in [-0.2, 0) is 12.8 Å². The fraction of sp³-hybridized carbons (Fsp3) is 0.417. The van der Waals surface area contributed by atoms with E-state index < -0.39 is 0 Å². The predicted molar refractivity (Wildman–Crippen MR) is 65.7 cm³/mol. The molecule has 0 aliphatic carbocycles. The van der Waals surface area contributed by atoms with E-state index in [-0.39, 0.29) is 0 Å². The molecule has 1 unspecified atom stereocenters. The van der Waals surface area contributed by atoms with Gasteiger partial charge in [-0.05, 0) is 24.3 Å². The summed E-state index contributed by atoms with van der Waals surface area (Å²) in [5.41, 5.74) is 2.54. The number of aromatic nitrogens is 2. The van der Waals surface area contributed by atoms with Crippen molar-refractivity contribution in [3.8, 4) is 0 Å². The molecule has 3 nitrogen and oxygen atoms in total. The number of aromatic amines is 1. The maximum atomic E-state index is 4.42. The van der Waals surface area contributed by atoms with Crippen LogP contribution >= 0.6 is 11.3 Å². The highest BCUT2D eigenvalue weighted by atomic mass is 32.1. The van der Waals surface area contributed by atoms with E-state index in [9.17, 15) is 0 Å². The van der Waals surface area contributed by atoms with Crippen molar-refractivity contribution in [2.24, 2.45) is 0 Å². The van der Waals surface area contributed by atoms with Crippen LogP contribution in [0.3, 0.4) is 0 Å². The molecule has 1 aliphatic heterocycles. The molecular weight excluding hydrogens is 218 g/mol. The van der Waals surface area contributed by atoms with Crippen molar-refractivity contribution in [3.63, 3.8) is 0 Å². The van der Waals surface area contributed by atoms with Gasteiger partial charge in [0.1, 0.15) is 0 Å². The second-order valence-electron chi connectivity index (χ2n) is 4.14. The van der Waals surface area contributed by atoms with Gasteiger partial charge in [0.2, 0.25) is 0 Å². The molecule has 3 heterocycles. The first-order valence-electron chi connectivity index (χ1n) is 5.71. The average Bonchev–Trinajstić information content (AvgIpc) is 2.97. The molecule has 84 valence electrons. The lowest BCUT2D eigenvalue weighted by atomic mass is 10.0. The summed E-state index contributed by atoms with van der Waals surface area (Å²) in [5, 5.41) is 5.69. The van der Waals surface area contributed by atoms with E-state index in [2.05, 4.69) is 32.8 Å². The minimum absolute atomic E-state index is 0.428. The highest BCUT2D eigenvalue weighted by Gasteiger charge is 2.21. The summed E-state index contributed by atoms with van der Waals surface area (Å²) >= 11 is 1.84. The Labute approximate surface area is 98.9 Å². The predicted octanol–water partition coefficient (Wildman–Crippen LogP) is 2.29. The Morgan fingerprint density at radius 1 is 1.50 bits per heavy atom. The molecule has 0 spiro atoms. The zero-order valence-corrected chi connectivity index (χ0v) is 9.89. The quantitative estimate of drug-likeness (QED) is 0.854. The number of hydrogen-bond donors (Lipinski definition) is 2. The Kier molecular flexibility index (Phi) is 2.76. The molecule has 2 N–H and O–H groups in total. The molecule has 0 saturated carbocycles. The summed E-state index contributed by atoms with van der Waals surface area (Å²) in [5.74, 6) is 0. The van der Waals surface area contributed by atoms with Crippen LogP contribution in [-0.4, -0.2) is 16.5 Å². The smallest absolute Gasteiger partial charge is 0.0925 e. The monoisotopic (exact) mass is 233 g/mol. The van der Waals surface area contributed by atoms with Crippen LogP contribution in [0.5, 0.6) is 0 Å². The summed E-state index contributed by atoms with van der Waals surface area (Å²) in [7, 11) is 0. The first-order valence-corrected chi connectivity index (χ1v) is 6.59. The van der Waals surface area contributed by atoms with Gasteiger partial charge in [-0.1, -0.05) is 6.07 Å². The zero-order chi connectivity index (χ0) is 10.8. The Hall–Kier alpha value is -1.13. The number of hydrogen-bond acceptors (Lipinski definition) is 3. The first kappa shape index (κ1) is 10.1. The second-order valence-corrected chi connectivity index (χ2v) is 5.17. The third-order valence-electron chi connectivity index (χ3n) is 3.11. The van der Waals surface area contributed by atoms with E-state index in [0.29, 0.717) is 6.04 Å². The number of rotatable bonds is 3. The third kappa shape index (κ3) is 1.90. The van der Waals surface area contributed by atoms with Gasteiger partial charge in [0, 0.05) is 23.5 Å². The van der Waals surface area contributed by atoms with Crippen molar-refractivity contribution >= 4 is 11.3 Å². The summed E-state index contributed by atoms with van der Waals surface area (Å²) in [6.07, 6.45) is 5.17. The van der Waals surface area contributed by atoms with Crippen LogP contribution in [0.2, 0.25) is 0 Å². The number of thiophene rings is 1. The van der Waals surface area contributed by atoms with Gasteiger partial charge < -0.3 is 10.3 Å². The van der Waals surface area contributed by atoms with E-state index >= 15 is 0 Å². The van der Waals surface area contributed by atoms with Gasteiger partial charge in [-0.3, -0.25) is 0 Å². The van der Waals surface area contributed by atoms with Crippen LogP contribution in [0.25, 0.3) is 0 Å². The zero-order valence-electron chi connectivity index (χ0n) is 9.07. The molecular formula is C12H15N3S. The van der Waals surface area contributed by atoms with Gasteiger partial charge >= 0.3 is 0 Å². The second kappa shape index (κ2) is 4.39. The average molecular weight is 233 g/mol. The minimum atomic E-state index is 0.428. The largest absolute Gasteiger partial charge is 0.348 e. The summed E-state index contributed by atoms with van der Waals surface area (Å²) in [6, 6.07) is 4.75. The Balaban J connectivity index is 1.69. The fourth-order valence-corrected chi connectivity index (χ4v) is 3.01. The van der Waals surface area contributed by atoms with Crippen molar-refractivity contribution in [1.82, 2.24) is 15.3 Å². The molecule has 1 atom stereocenters. The van der Waals surface area contributed by atoms with Gasteiger partial charge in [-0.2, -0.15) is 0 Å². The van der Waals surface area contributed by atoms with E-state index in [1.165, 1.54) is 16.3 Å². The highest BCUT2D eigenvalue weighted by Crippen LogP contribution is 2.24. The number of aryl methyl sites for hydroxylation is 1. The maximum Gasteiger partial charge on any atom is 0.0925 e. The van der Waals surface area contributed by atoms with Gasteiger partial charge in [-0.25, -0.2) is 4.98 Å². The van der Waals surface area contributed by atoms with Gasteiger partial charge in [0.15, 0.2) is 0 Å². The highest BCUT2D eigenvalue weighted by molar-refractivity contribution is 7.09. The molecule has 0 saturated heterocycles. The standard InChI is InChI=1S/C12H15N3S/c1-2-9(16-7-1)3-4-10-12-11(5-6-13-10)14-8-15-12/h1-2,7-8,10,13H,3-6H2,(H,14,15). The lowest BCUT2D eigenvalue weighted by Gasteiger charge is -2.22. The maximum absolute atomic E-state index is 4.42. The molecule has 0 aromatic carbocycles. The molecule has 0 radical (unpaired) electrons. The van der Waals surface area contributed by atoms with Crippen molar-refractivity contribution in [3.05, 3.63) is 40.1 Å². The summed E-state index contributed by atoms with van der Waals surface area (Å²) < 4.78 is 0. The Bertz CT molecular complexity index is 447. The topological polar surface area (TPSA) is 40.7 Å². The molecule has 0 fully saturated rings. The Morgan fingerprint density at radius 3 is 3.38 bits per heavy atom. The molecule has 3 rings (SSSR count). The first-order chi connectivity index (χ1) is 7.93. The van der Waals surface area contributed by atoms with Crippen molar-refractivity contribution < 1.29 is 0 Å². The Morgan fingerprint density at radius 2 is 2.50 bits per heavy atom.